The minimum atomic E-state index is -4.81. The number of carbonyl (C=O) groups is 1. The second-order valence-corrected chi connectivity index (χ2v) is 9.78. The standard InChI is InChI=1S/C33H27F3N2O4/c1-22-6-5-9-25(18-22)30(32(39)40)19-26-20-31(38(37-26)27-12-16-29(17-13-27)42-33(34,35)36)24-10-14-28(15-11-24)41-21-23-7-3-2-4-8-23/h2-18,20,30H,19,21H2,1H3,(H,39,40). The van der Waals surface area contributed by atoms with Crippen LogP contribution in [-0.4, -0.2) is 27.2 Å². The van der Waals surface area contributed by atoms with Gasteiger partial charge in [0, 0.05) is 12.0 Å². The van der Waals surface area contributed by atoms with E-state index in [1.807, 2.05) is 79.7 Å². The quantitative estimate of drug-likeness (QED) is 0.185. The first-order chi connectivity index (χ1) is 20.1. The smallest absolute Gasteiger partial charge is 0.489 e. The molecule has 1 atom stereocenters. The van der Waals surface area contributed by atoms with Crippen LogP contribution in [0, 0.1) is 6.92 Å². The molecule has 0 aliphatic heterocycles. The molecule has 0 bridgehead atoms. The number of aliphatic carboxylic acids is 1. The summed E-state index contributed by atoms with van der Waals surface area (Å²) in [5.41, 5.74) is 5.03. The van der Waals surface area contributed by atoms with Crippen LogP contribution in [0.25, 0.3) is 16.9 Å². The Hall–Kier alpha value is -5.05. The average Bonchev–Trinajstić information content (AvgIpc) is 3.39. The third-order valence-corrected chi connectivity index (χ3v) is 6.63. The molecule has 0 amide bonds. The number of carboxylic acids is 1. The second kappa shape index (κ2) is 12.2. The fourth-order valence-corrected chi connectivity index (χ4v) is 4.63. The summed E-state index contributed by atoms with van der Waals surface area (Å²) in [6, 6.07) is 31.6. The van der Waals surface area contributed by atoms with Crippen LogP contribution in [0.4, 0.5) is 13.2 Å². The molecule has 5 aromatic rings. The first kappa shape index (κ1) is 28.5. The van der Waals surface area contributed by atoms with Crippen LogP contribution >= 0.6 is 0 Å². The zero-order valence-corrected chi connectivity index (χ0v) is 22.6. The van der Waals surface area contributed by atoms with Crippen molar-refractivity contribution in [3.05, 3.63) is 132 Å². The molecule has 4 aromatic carbocycles. The largest absolute Gasteiger partial charge is 0.573 e. The van der Waals surface area contributed by atoms with Crippen molar-refractivity contribution in [1.29, 1.82) is 0 Å². The minimum absolute atomic E-state index is 0.117. The number of ether oxygens (including phenoxy) is 2. The summed E-state index contributed by atoms with van der Waals surface area (Å²) in [4.78, 5) is 12.2. The van der Waals surface area contributed by atoms with Gasteiger partial charge in [-0.1, -0.05) is 60.2 Å². The van der Waals surface area contributed by atoms with E-state index in [-0.39, 0.29) is 12.2 Å². The van der Waals surface area contributed by atoms with E-state index in [9.17, 15) is 23.1 Å². The van der Waals surface area contributed by atoms with E-state index in [0.717, 1.165) is 16.7 Å². The van der Waals surface area contributed by atoms with Crippen molar-refractivity contribution in [3.8, 4) is 28.4 Å². The summed E-state index contributed by atoms with van der Waals surface area (Å²) in [6.07, 6.45) is -4.69. The molecule has 214 valence electrons. The Balaban J connectivity index is 1.46. The molecule has 42 heavy (non-hydrogen) atoms. The van der Waals surface area contributed by atoms with Crippen molar-refractivity contribution >= 4 is 5.97 Å². The first-order valence-corrected chi connectivity index (χ1v) is 13.2. The molecular formula is C33H27F3N2O4. The topological polar surface area (TPSA) is 73.6 Å². The molecule has 9 heteroatoms. The molecule has 1 unspecified atom stereocenters. The lowest BCUT2D eigenvalue weighted by Gasteiger charge is -2.12. The van der Waals surface area contributed by atoms with Gasteiger partial charge in [0.1, 0.15) is 18.1 Å². The van der Waals surface area contributed by atoms with Gasteiger partial charge in [-0.15, -0.1) is 13.2 Å². The fraction of sp³-hybridized carbons (Fsp3) is 0.152. The second-order valence-electron chi connectivity index (χ2n) is 9.78. The highest BCUT2D eigenvalue weighted by molar-refractivity contribution is 5.76. The predicted octanol–water partition coefficient (Wildman–Crippen LogP) is 7.74. The Morgan fingerprint density at radius 2 is 1.57 bits per heavy atom. The Morgan fingerprint density at radius 1 is 0.881 bits per heavy atom. The van der Waals surface area contributed by atoms with E-state index < -0.39 is 18.2 Å². The van der Waals surface area contributed by atoms with Crippen LogP contribution in [0.2, 0.25) is 0 Å². The number of alkyl halides is 3. The van der Waals surface area contributed by atoms with Crippen LogP contribution < -0.4 is 9.47 Å². The van der Waals surface area contributed by atoms with E-state index >= 15 is 0 Å². The van der Waals surface area contributed by atoms with E-state index in [0.29, 0.717) is 35.0 Å². The lowest BCUT2D eigenvalue weighted by atomic mass is 9.93. The zero-order chi connectivity index (χ0) is 29.7. The number of benzene rings is 4. The lowest BCUT2D eigenvalue weighted by Crippen LogP contribution is -2.17. The summed E-state index contributed by atoms with van der Waals surface area (Å²) < 4.78 is 49.6. The molecule has 0 saturated heterocycles. The van der Waals surface area contributed by atoms with Gasteiger partial charge in [0.25, 0.3) is 0 Å². The van der Waals surface area contributed by atoms with Gasteiger partial charge in [-0.25, -0.2) is 4.68 Å². The van der Waals surface area contributed by atoms with Crippen molar-refractivity contribution in [3.63, 3.8) is 0 Å². The highest BCUT2D eigenvalue weighted by Gasteiger charge is 2.31. The molecule has 0 radical (unpaired) electrons. The molecule has 0 aliphatic rings. The van der Waals surface area contributed by atoms with E-state index in [1.165, 1.54) is 24.3 Å². The van der Waals surface area contributed by atoms with Gasteiger partial charge in [0.2, 0.25) is 0 Å². The Bertz CT molecular complexity index is 1650. The molecule has 0 fully saturated rings. The van der Waals surface area contributed by atoms with Gasteiger partial charge < -0.3 is 14.6 Å². The monoisotopic (exact) mass is 572 g/mol. The number of hydrogen-bond acceptors (Lipinski definition) is 4. The number of rotatable bonds is 10. The number of hydrogen-bond donors (Lipinski definition) is 1. The van der Waals surface area contributed by atoms with Crippen LogP contribution in [0.15, 0.2) is 109 Å². The minimum Gasteiger partial charge on any atom is -0.489 e. The maximum atomic E-state index is 12.7. The number of aromatic nitrogens is 2. The molecule has 0 spiro atoms. The van der Waals surface area contributed by atoms with Crippen molar-refractivity contribution in [2.75, 3.05) is 0 Å². The van der Waals surface area contributed by atoms with Crippen molar-refractivity contribution in [1.82, 2.24) is 9.78 Å². The SMILES string of the molecule is Cc1cccc(C(Cc2cc(-c3ccc(OCc4ccccc4)cc3)n(-c3ccc(OC(F)(F)F)cc3)n2)C(=O)O)c1. The van der Waals surface area contributed by atoms with E-state index in [2.05, 4.69) is 9.84 Å². The molecule has 1 N–H and O–H groups in total. The summed E-state index contributed by atoms with van der Waals surface area (Å²) in [7, 11) is 0. The maximum Gasteiger partial charge on any atom is 0.573 e. The summed E-state index contributed by atoms with van der Waals surface area (Å²) in [5.74, 6) is -1.51. The number of carboxylic acid groups (broad SMARTS) is 1. The van der Waals surface area contributed by atoms with Gasteiger partial charge in [-0.2, -0.15) is 5.10 Å². The molecule has 6 nitrogen and oxygen atoms in total. The first-order valence-electron chi connectivity index (χ1n) is 13.2. The lowest BCUT2D eigenvalue weighted by molar-refractivity contribution is -0.274. The summed E-state index contributed by atoms with van der Waals surface area (Å²) in [6.45, 7) is 2.30. The van der Waals surface area contributed by atoms with Crippen LogP contribution in [0.5, 0.6) is 11.5 Å². The van der Waals surface area contributed by atoms with E-state index in [4.69, 9.17) is 4.74 Å². The van der Waals surface area contributed by atoms with Gasteiger partial charge in [-0.05, 0) is 72.6 Å². The Kier molecular flexibility index (Phi) is 8.28. The molecule has 1 heterocycles. The van der Waals surface area contributed by atoms with Crippen LogP contribution in [0.1, 0.15) is 28.3 Å². The van der Waals surface area contributed by atoms with Crippen LogP contribution in [0.3, 0.4) is 0 Å². The summed E-state index contributed by atoms with van der Waals surface area (Å²) >= 11 is 0. The third-order valence-electron chi connectivity index (χ3n) is 6.63. The van der Waals surface area contributed by atoms with Gasteiger partial charge in [-0.3, -0.25) is 4.79 Å². The van der Waals surface area contributed by atoms with Crippen molar-refractivity contribution < 1.29 is 32.5 Å². The highest BCUT2D eigenvalue weighted by Crippen LogP contribution is 2.31. The molecule has 1 aromatic heterocycles. The normalized spacial score (nSPS) is 12.1. The molecule has 0 saturated carbocycles. The van der Waals surface area contributed by atoms with Crippen molar-refractivity contribution in [2.24, 2.45) is 0 Å². The molecular weight excluding hydrogens is 545 g/mol. The Morgan fingerprint density at radius 3 is 2.21 bits per heavy atom. The zero-order valence-electron chi connectivity index (χ0n) is 22.6. The van der Waals surface area contributed by atoms with Crippen LogP contribution in [-0.2, 0) is 17.8 Å². The summed E-state index contributed by atoms with van der Waals surface area (Å²) in [5, 5.41) is 14.7. The van der Waals surface area contributed by atoms with E-state index in [1.54, 1.807) is 16.8 Å². The maximum absolute atomic E-state index is 12.7. The highest BCUT2D eigenvalue weighted by atomic mass is 19.4. The fourth-order valence-electron chi connectivity index (χ4n) is 4.63. The van der Waals surface area contributed by atoms with Gasteiger partial charge in [0.15, 0.2) is 0 Å². The average molecular weight is 573 g/mol. The number of nitrogens with zero attached hydrogens (tertiary/aromatic N) is 2. The third kappa shape index (κ3) is 7.17. The molecule has 0 aliphatic carbocycles. The van der Waals surface area contributed by atoms with Crippen molar-refractivity contribution in [2.45, 2.75) is 32.2 Å². The predicted molar refractivity (Wildman–Crippen MR) is 152 cm³/mol. The van der Waals surface area contributed by atoms with Gasteiger partial charge >= 0.3 is 12.3 Å². The Labute approximate surface area is 240 Å². The van der Waals surface area contributed by atoms with Gasteiger partial charge in [0.05, 0.1) is 23.0 Å². The number of aryl methyl sites for hydroxylation is 1. The molecule has 5 rings (SSSR count). The number of halogens is 3.